The fraction of sp³-hybridized carbons (Fsp3) is 0.481. The number of nitrogens with zero attached hydrogens (tertiary/aromatic N) is 2. The quantitative estimate of drug-likeness (QED) is 0.384. The highest BCUT2D eigenvalue weighted by atomic mass is 16.6. The maximum Gasteiger partial charge on any atom is 0.348 e. The molecule has 1 aliphatic rings. The van der Waals surface area contributed by atoms with Crippen molar-refractivity contribution < 1.29 is 38.9 Å². The van der Waals surface area contributed by atoms with Crippen molar-refractivity contribution in [1.29, 1.82) is 0 Å². The molecule has 2 unspecified atom stereocenters. The minimum Gasteiger partial charge on any atom is -0.505 e. The summed E-state index contributed by atoms with van der Waals surface area (Å²) >= 11 is 0. The lowest BCUT2D eigenvalue weighted by atomic mass is 9.92. The molecule has 39 heavy (non-hydrogen) atoms. The molecule has 1 aliphatic heterocycles. The standard InChI is InChI=1S/C27H34N4O8/c1-5-14(2)23-27(37)38-16(4)20(31-25(35)21-19(32)9-7-11-29-21)24(34)30-18(12-17-8-6-10-28-13-17)22(33)15(3)26(36)39-23/h6-11,13-16,18,20,22-23,32-33H,5,12H2,1-4H3,(H,30,34)(H,31,35)/t14?,15-,16-,18+,20+,22+,23?/m1/s1. The van der Waals surface area contributed by atoms with Gasteiger partial charge in [0.2, 0.25) is 12.0 Å². The molecule has 0 radical (unpaired) electrons. The van der Waals surface area contributed by atoms with E-state index in [0.717, 1.165) is 0 Å². The van der Waals surface area contributed by atoms with Crippen LogP contribution in [0.15, 0.2) is 42.9 Å². The van der Waals surface area contributed by atoms with E-state index < -0.39 is 71.7 Å². The van der Waals surface area contributed by atoms with E-state index in [1.165, 1.54) is 32.2 Å². The van der Waals surface area contributed by atoms with Crippen LogP contribution >= 0.6 is 0 Å². The molecular formula is C27H34N4O8. The SMILES string of the molecule is CCC(C)C1OC(=O)[C@H](C)[C@H](O)[C@H](Cc2cccnc2)NC(=O)[C@@H](NC(=O)c2ncccc2O)[C@@H](C)OC1=O. The van der Waals surface area contributed by atoms with Crippen LogP contribution in [-0.4, -0.2) is 74.3 Å². The van der Waals surface area contributed by atoms with Crippen molar-refractivity contribution in [1.82, 2.24) is 20.6 Å². The molecule has 4 N–H and O–H groups in total. The molecule has 1 fully saturated rings. The predicted octanol–water partition coefficient (Wildman–Crippen LogP) is 0.908. The summed E-state index contributed by atoms with van der Waals surface area (Å²) in [5.41, 5.74) is 0.340. The van der Waals surface area contributed by atoms with Crippen LogP contribution in [0.5, 0.6) is 5.75 Å². The van der Waals surface area contributed by atoms with Crippen molar-refractivity contribution in [2.45, 2.75) is 70.9 Å². The zero-order valence-corrected chi connectivity index (χ0v) is 22.2. The fourth-order valence-corrected chi connectivity index (χ4v) is 4.13. The molecule has 12 heteroatoms. The van der Waals surface area contributed by atoms with Crippen molar-refractivity contribution in [2.24, 2.45) is 11.8 Å². The lowest BCUT2D eigenvalue weighted by Crippen LogP contribution is -2.59. The normalized spacial score (nSPS) is 27.2. The van der Waals surface area contributed by atoms with Gasteiger partial charge in [0.1, 0.15) is 17.9 Å². The van der Waals surface area contributed by atoms with Gasteiger partial charge in [-0.25, -0.2) is 9.78 Å². The highest BCUT2D eigenvalue weighted by Crippen LogP contribution is 2.22. The number of carbonyl (C=O) groups is 4. The van der Waals surface area contributed by atoms with Gasteiger partial charge in [0.15, 0.2) is 5.69 Å². The number of aliphatic hydroxyl groups excluding tert-OH is 1. The van der Waals surface area contributed by atoms with Gasteiger partial charge in [-0.15, -0.1) is 0 Å². The Bertz CT molecular complexity index is 1180. The molecule has 0 aromatic carbocycles. The third-order valence-corrected chi connectivity index (χ3v) is 6.78. The second-order valence-electron chi connectivity index (χ2n) is 9.67. The van der Waals surface area contributed by atoms with Gasteiger partial charge >= 0.3 is 11.9 Å². The lowest BCUT2D eigenvalue weighted by Gasteiger charge is -2.33. The fourth-order valence-electron chi connectivity index (χ4n) is 4.13. The van der Waals surface area contributed by atoms with E-state index in [9.17, 15) is 29.4 Å². The van der Waals surface area contributed by atoms with Crippen molar-refractivity contribution >= 4 is 23.8 Å². The summed E-state index contributed by atoms with van der Waals surface area (Å²) < 4.78 is 11.0. The number of carbonyl (C=O) groups excluding carboxylic acids is 4. The predicted molar refractivity (Wildman–Crippen MR) is 137 cm³/mol. The number of amides is 2. The minimum absolute atomic E-state index is 0.100. The number of ether oxygens (including phenoxy) is 2. The Morgan fingerprint density at radius 2 is 1.85 bits per heavy atom. The van der Waals surface area contributed by atoms with Crippen LogP contribution in [0.4, 0.5) is 0 Å². The first kappa shape index (κ1) is 29.5. The van der Waals surface area contributed by atoms with Crippen molar-refractivity contribution in [3.8, 4) is 5.75 Å². The maximum atomic E-state index is 13.6. The maximum absolute atomic E-state index is 13.6. The summed E-state index contributed by atoms with van der Waals surface area (Å²) in [6.07, 6.45) is 1.06. The van der Waals surface area contributed by atoms with Gasteiger partial charge in [0.05, 0.1) is 18.1 Å². The number of esters is 2. The van der Waals surface area contributed by atoms with Crippen molar-refractivity contribution in [2.75, 3.05) is 0 Å². The molecule has 12 nitrogen and oxygen atoms in total. The van der Waals surface area contributed by atoms with Crippen LogP contribution in [0.3, 0.4) is 0 Å². The molecule has 3 rings (SSSR count). The van der Waals surface area contributed by atoms with E-state index in [-0.39, 0.29) is 12.1 Å². The first-order chi connectivity index (χ1) is 18.5. The van der Waals surface area contributed by atoms with Gasteiger partial charge in [-0.2, -0.15) is 0 Å². The van der Waals surface area contributed by atoms with Crippen molar-refractivity contribution in [3.63, 3.8) is 0 Å². The number of rotatable bonds is 6. The summed E-state index contributed by atoms with van der Waals surface area (Å²) in [6.45, 7) is 6.35. The summed E-state index contributed by atoms with van der Waals surface area (Å²) in [5, 5.41) is 26.4. The molecule has 0 aliphatic carbocycles. The number of aliphatic hydroxyl groups is 1. The molecule has 3 heterocycles. The van der Waals surface area contributed by atoms with Gasteiger partial charge in [-0.05, 0) is 50.5 Å². The Labute approximate surface area is 226 Å². The van der Waals surface area contributed by atoms with Gasteiger partial charge in [0.25, 0.3) is 5.91 Å². The van der Waals surface area contributed by atoms with Gasteiger partial charge in [-0.1, -0.05) is 19.9 Å². The number of nitrogens with one attached hydrogen (secondary N) is 2. The number of hydrogen-bond donors (Lipinski definition) is 4. The Balaban J connectivity index is 2.00. The first-order valence-electron chi connectivity index (χ1n) is 12.8. The second-order valence-corrected chi connectivity index (χ2v) is 9.67. The van der Waals surface area contributed by atoms with E-state index in [1.54, 1.807) is 31.5 Å². The largest absolute Gasteiger partial charge is 0.505 e. The molecule has 0 bridgehead atoms. The van der Waals surface area contributed by atoms with Crippen LogP contribution in [0.25, 0.3) is 0 Å². The molecular weight excluding hydrogens is 508 g/mol. The zero-order valence-electron chi connectivity index (χ0n) is 22.2. The Morgan fingerprint density at radius 1 is 1.13 bits per heavy atom. The van der Waals surface area contributed by atoms with Gasteiger partial charge in [0, 0.05) is 24.5 Å². The van der Waals surface area contributed by atoms with Crippen LogP contribution in [0.2, 0.25) is 0 Å². The minimum atomic E-state index is -1.45. The summed E-state index contributed by atoms with van der Waals surface area (Å²) in [7, 11) is 0. The van der Waals surface area contributed by atoms with E-state index in [4.69, 9.17) is 9.47 Å². The summed E-state index contributed by atoms with van der Waals surface area (Å²) in [5.74, 6) is -5.35. The average Bonchev–Trinajstić information content (AvgIpc) is 2.92. The summed E-state index contributed by atoms with van der Waals surface area (Å²) in [4.78, 5) is 60.5. The monoisotopic (exact) mass is 542 g/mol. The molecule has 7 atom stereocenters. The molecule has 210 valence electrons. The van der Waals surface area contributed by atoms with Gasteiger partial charge in [-0.3, -0.25) is 19.4 Å². The Morgan fingerprint density at radius 3 is 2.49 bits per heavy atom. The van der Waals surface area contributed by atoms with E-state index in [0.29, 0.717) is 12.0 Å². The first-order valence-corrected chi connectivity index (χ1v) is 12.8. The highest BCUT2D eigenvalue weighted by Gasteiger charge is 2.41. The second kappa shape index (κ2) is 13.1. The van der Waals surface area contributed by atoms with Crippen molar-refractivity contribution in [3.05, 3.63) is 54.1 Å². The molecule has 1 saturated heterocycles. The van der Waals surface area contributed by atoms with Crippen LogP contribution in [0, 0.1) is 11.8 Å². The third kappa shape index (κ3) is 7.29. The average molecular weight is 543 g/mol. The third-order valence-electron chi connectivity index (χ3n) is 6.78. The number of aromatic hydroxyl groups is 1. The Kier molecular flexibility index (Phi) is 9.94. The zero-order chi connectivity index (χ0) is 28.7. The van der Waals surface area contributed by atoms with Crippen LogP contribution in [-0.2, 0) is 30.3 Å². The van der Waals surface area contributed by atoms with E-state index >= 15 is 0 Å². The number of cyclic esters (lactones) is 2. The van der Waals surface area contributed by atoms with Gasteiger partial charge < -0.3 is 30.3 Å². The molecule has 2 aromatic rings. The van der Waals surface area contributed by atoms with Crippen LogP contribution < -0.4 is 10.6 Å². The highest BCUT2D eigenvalue weighted by molar-refractivity contribution is 5.98. The lowest BCUT2D eigenvalue weighted by molar-refractivity contribution is -0.180. The number of hydrogen-bond acceptors (Lipinski definition) is 10. The molecule has 0 spiro atoms. The van der Waals surface area contributed by atoms with E-state index in [1.807, 2.05) is 6.92 Å². The molecule has 0 saturated carbocycles. The molecule has 2 aromatic heterocycles. The molecule has 2 amide bonds. The number of aromatic nitrogens is 2. The Hall–Kier alpha value is -4.06. The van der Waals surface area contributed by atoms with Crippen LogP contribution in [0.1, 0.15) is 50.2 Å². The van der Waals surface area contributed by atoms with E-state index in [2.05, 4.69) is 20.6 Å². The topological polar surface area (TPSA) is 177 Å². The smallest absolute Gasteiger partial charge is 0.348 e. The summed E-state index contributed by atoms with van der Waals surface area (Å²) in [6, 6.07) is 3.68. The number of pyridine rings is 2.